The molecule has 1 aromatic heterocycles. The summed E-state index contributed by atoms with van der Waals surface area (Å²) in [7, 11) is 1.87. The predicted molar refractivity (Wildman–Crippen MR) is 126 cm³/mol. The second-order valence-electron chi connectivity index (χ2n) is 9.18. The fourth-order valence-corrected chi connectivity index (χ4v) is 4.83. The van der Waals surface area contributed by atoms with Crippen LogP contribution in [0.3, 0.4) is 0 Å². The maximum Gasteiger partial charge on any atom is 0.416 e. The molecule has 0 atom stereocenters. The number of hydrogen-bond donors (Lipinski definition) is 3. The van der Waals surface area contributed by atoms with Crippen molar-refractivity contribution in [2.75, 3.05) is 32.0 Å². The fraction of sp³-hybridized carbons (Fsp3) is 0.480. The van der Waals surface area contributed by atoms with Crippen molar-refractivity contribution in [3.63, 3.8) is 0 Å². The molecule has 7 nitrogen and oxygen atoms in total. The quantitative estimate of drug-likeness (QED) is 0.555. The Balaban J connectivity index is 1.16. The maximum absolute atomic E-state index is 12.8. The van der Waals surface area contributed by atoms with E-state index in [-0.39, 0.29) is 24.1 Å². The molecule has 4 rings (SSSR count). The van der Waals surface area contributed by atoms with Crippen molar-refractivity contribution in [3.05, 3.63) is 59.3 Å². The first-order chi connectivity index (χ1) is 16.7. The highest BCUT2D eigenvalue weighted by atomic mass is 19.4. The Labute approximate surface area is 202 Å². The van der Waals surface area contributed by atoms with Gasteiger partial charge in [0.15, 0.2) is 0 Å². The van der Waals surface area contributed by atoms with Gasteiger partial charge >= 0.3 is 6.18 Å². The van der Waals surface area contributed by atoms with Crippen LogP contribution >= 0.6 is 0 Å². The van der Waals surface area contributed by atoms with E-state index < -0.39 is 17.6 Å². The third-order valence-corrected chi connectivity index (χ3v) is 6.79. The number of carbonyl (C=O) groups excluding carboxylic acids is 2. The number of rotatable bonds is 7. The van der Waals surface area contributed by atoms with E-state index in [1.165, 1.54) is 12.1 Å². The third kappa shape index (κ3) is 6.30. The van der Waals surface area contributed by atoms with E-state index in [2.05, 4.69) is 31.9 Å². The van der Waals surface area contributed by atoms with Gasteiger partial charge in [0.1, 0.15) is 5.82 Å². The van der Waals surface area contributed by atoms with E-state index in [1.807, 2.05) is 19.2 Å². The minimum Gasteiger partial charge on any atom is -0.373 e. The van der Waals surface area contributed by atoms with Crippen molar-refractivity contribution >= 4 is 17.6 Å². The molecule has 0 bridgehead atoms. The summed E-state index contributed by atoms with van der Waals surface area (Å²) in [5.41, 5.74) is 0.100. The summed E-state index contributed by atoms with van der Waals surface area (Å²) < 4.78 is 38.5. The molecule has 1 saturated heterocycles. The molecule has 1 saturated carbocycles. The van der Waals surface area contributed by atoms with Gasteiger partial charge in [-0.2, -0.15) is 13.2 Å². The lowest BCUT2D eigenvalue weighted by Gasteiger charge is -2.46. The zero-order valence-corrected chi connectivity index (χ0v) is 19.6. The summed E-state index contributed by atoms with van der Waals surface area (Å²) in [6.07, 6.45) is -0.189. The average molecular weight is 490 g/mol. The molecule has 2 aromatic rings. The highest BCUT2D eigenvalue weighted by Crippen LogP contribution is 2.35. The van der Waals surface area contributed by atoms with Crippen LogP contribution in [0.25, 0.3) is 0 Å². The number of carbonyl (C=O) groups is 2. The second kappa shape index (κ2) is 10.6. The summed E-state index contributed by atoms with van der Waals surface area (Å²) in [5.74, 6) is 0.288. The van der Waals surface area contributed by atoms with E-state index in [0.717, 1.165) is 62.4 Å². The normalized spacial score (nSPS) is 21.1. The number of hydrogen-bond acceptors (Lipinski definition) is 5. The zero-order chi connectivity index (χ0) is 25.0. The topological polar surface area (TPSA) is 86.4 Å². The Bertz CT molecular complexity index is 1050. The number of halogens is 3. The van der Waals surface area contributed by atoms with Gasteiger partial charge in [-0.25, -0.2) is 4.98 Å². The minimum atomic E-state index is -4.53. The van der Waals surface area contributed by atoms with E-state index in [1.54, 1.807) is 0 Å². The van der Waals surface area contributed by atoms with Crippen LogP contribution in [0.1, 0.15) is 53.2 Å². The first kappa shape index (κ1) is 25.0. The molecule has 0 unspecified atom stereocenters. The van der Waals surface area contributed by atoms with Gasteiger partial charge in [-0.15, -0.1) is 0 Å². The van der Waals surface area contributed by atoms with Crippen LogP contribution in [-0.2, 0) is 11.0 Å². The van der Waals surface area contributed by atoms with Gasteiger partial charge in [-0.3, -0.25) is 14.5 Å². The summed E-state index contributed by atoms with van der Waals surface area (Å²) >= 11 is 0. The number of alkyl halides is 3. The number of aromatic nitrogens is 1. The number of benzene rings is 1. The Hall–Kier alpha value is -3.14. The van der Waals surface area contributed by atoms with Crippen LogP contribution < -0.4 is 16.0 Å². The molecule has 2 heterocycles. The van der Waals surface area contributed by atoms with E-state index in [4.69, 9.17) is 0 Å². The predicted octanol–water partition coefficient (Wildman–Crippen LogP) is 3.40. The molecule has 1 aliphatic carbocycles. The summed E-state index contributed by atoms with van der Waals surface area (Å²) in [5, 5.41) is 8.36. The molecule has 1 aliphatic heterocycles. The van der Waals surface area contributed by atoms with Crippen LogP contribution in [-0.4, -0.2) is 60.5 Å². The number of amides is 2. The molecule has 10 heteroatoms. The maximum atomic E-state index is 12.8. The first-order valence-corrected chi connectivity index (χ1v) is 11.9. The lowest BCUT2D eigenvalue weighted by molar-refractivity contribution is -0.137. The Kier molecular flexibility index (Phi) is 7.59. The van der Waals surface area contributed by atoms with Gasteiger partial charge in [0, 0.05) is 43.4 Å². The first-order valence-electron chi connectivity index (χ1n) is 11.9. The number of anilines is 1. The molecule has 2 amide bonds. The SMILES string of the molecule is CNc1cccc(C2CCC(N3CC(NC(=O)CNC(=O)c4cccc(C(F)(F)F)c4)C3)CC2)n1. The van der Waals surface area contributed by atoms with Crippen molar-refractivity contribution in [3.8, 4) is 0 Å². The molecule has 2 aliphatic rings. The van der Waals surface area contributed by atoms with E-state index in [0.29, 0.717) is 12.0 Å². The monoisotopic (exact) mass is 489 g/mol. The number of likely N-dealkylation sites (tertiary alicyclic amines) is 1. The van der Waals surface area contributed by atoms with Crippen molar-refractivity contribution in [1.29, 1.82) is 0 Å². The van der Waals surface area contributed by atoms with Crippen molar-refractivity contribution in [2.24, 2.45) is 0 Å². The van der Waals surface area contributed by atoms with Gasteiger partial charge in [-0.1, -0.05) is 12.1 Å². The molecule has 35 heavy (non-hydrogen) atoms. The fourth-order valence-electron chi connectivity index (χ4n) is 4.83. The molecule has 0 spiro atoms. The number of pyridine rings is 1. The molecular formula is C25H30F3N5O2. The van der Waals surface area contributed by atoms with Crippen LogP contribution in [0.4, 0.5) is 19.0 Å². The Morgan fingerprint density at radius 1 is 1.06 bits per heavy atom. The van der Waals surface area contributed by atoms with Crippen molar-refractivity contribution < 1.29 is 22.8 Å². The van der Waals surface area contributed by atoms with Gasteiger partial charge in [0.2, 0.25) is 5.91 Å². The van der Waals surface area contributed by atoms with E-state index in [9.17, 15) is 22.8 Å². The van der Waals surface area contributed by atoms with Gasteiger partial charge in [0.25, 0.3) is 5.91 Å². The lowest BCUT2D eigenvalue weighted by atomic mass is 9.82. The molecule has 3 N–H and O–H groups in total. The molecular weight excluding hydrogens is 459 g/mol. The van der Waals surface area contributed by atoms with Crippen LogP contribution in [0, 0.1) is 0 Å². The zero-order valence-electron chi connectivity index (χ0n) is 19.6. The number of nitrogens with zero attached hydrogens (tertiary/aromatic N) is 2. The lowest BCUT2D eigenvalue weighted by Crippen LogP contribution is -2.63. The third-order valence-electron chi connectivity index (χ3n) is 6.79. The van der Waals surface area contributed by atoms with Crippen molar-refractivity contribution in [1.82, 2.24) is 20.5 Å². The standard InChI is InChI=1S/C25H30F3N5O2/c1-29-22-7-3-6-21(32-22)16-8-10-20(11-9-16)33-14-19(15-33)31-23(34)13-30-24(35)17-4-2-5-18(12-17)25(26,27)28/h2-7,12,16,19-20H,8-11,13-15H2,1H3,(H,29,32)(H,30,35)(H,31,34). The Morgan fingerprint density at radius 2 is 1.77 bits per heavy atom. The highest BCUT2D eigenvalue weighted by Gasteiger charge is 2.36. The van der Waals surface area contributed by atoms with Gasteiger partial charge in [-0.05, 0) is 56.0 Å². The van der Waals surface area contributed by atoms with E-state index >= 15 is 0 Å². The summed E-state index contributed by atoms with van der Waals surface area (Å²) in [6.45, 7) is 1.24. The van der Waals surface area contributed by atoms with Crippen LogP contribution in [0.5, 0.6) is 0 Å². The van der Waals surface area contributed by atoms with Crippen molar-refractivity contribution in [2.45, 2.75) is 49.9 Å². The van der Waals surface area contributed by atoms with Crippen LogP contribution in [0.2, 0.25) is 0 Å². The largest absolute Gasteiger partial charge is 0.416 e. The summed E-state index contributed by atoms with van der Waals surface area (Å²) in [4.78, 5) is 31.4. The summed E-state index contributed by atoms with van der Waals surface area (Å²) in [6, 6.07) is 10.7. The Morgan fingerprint density at radius 3 is 2.46 bits per heavy atom. The molecule has 188 valence electrons. The van der Waals surface area contributed by atoms with Gasteiger partial charge < -0.3 is 16.0 Å². The minimum absolute atomic E-state index is 0.0136. The smallest absolute Gasteiger partial charge is 0.373 e. The number of nitrogens with one attached hydrogen (secondary N) is 3. The average Bonchev–Trinajstić information content (AvgIpc) is 2.84. The molecule has 2 fully saturated rings. The van der Waals surface area contributed by atoms with Gasteiger partial charge in [0.05, 0.1) is 18.2 Å². The van der Waals surface area contributed by atoms with Crippen LogP contribution in [0.15, 0.2) is 42.5 Å². The highest BCUT2D eigenvalue weighted by molar-refractivity contribution is 5.96. The molecule has 0 radical (unpaired) electrons. The molecule has 1 aromatic carbocycles. The second-order valence-corrected chi connectivity index (χ2v) is 9.18.